The number of fused-ring (bicyclic) bond motifs is 2. The standard InChI is InChI=1S/C39H38ClN3O6/c1-25(7-5-12-36(45)42-23-29-10-4-3-9-28(29)20-32(42)24-44)39(48)34-21-30(40)15-18-35(34)43(38(39)47)22-26-8-6-11-31(19-26)41-37(46)27-13-16-33(49-2)17-14-27/h3-11,13-19,21,25,32,44,48H,12,20,22-24H2,1-2H3,(H,41,46)/b7-5+/t25-,32+,39+/m1/s1. The minimum atomic E-state index is -1.93. The summed E-state index contributed by atoms with van der Waals surface area (Å²) in [5.41, 5.74) is 2.92. The lowest BCUT2D eigenvalue weighted by molar-refractivity contribution is -0.139. The summed E-state index contributed by atoms with van der Waals surface area (Å²) in [4.78, 5) is 43.5. The third-order valence-electron chi connectivity index (χ3n) is 9.37. The van der Waals surface area contributed by atoms with E-state index < -0.39 is 17.4 Å². The van der Waals surface area contributed by atoms with Crippen LogP contribution in [0.1, 0.15) is 46.0 Å². The zero-order chi connectivity index (χ0) is 34.7. The van der Waals surface area contributed by atoms with E-state index in [9.17, 15) is 24.6 Å². The number of nitrogens with one attached hydrogen (secondary N) is 1. The summed E-state index contributed by atoms with van der Waals surface area (Å²) in [6.45, 7) is 2.14. The van der Waals surface area contributed by atoms with E-state index in [4.69, 9.17) is 16.3 Å². The predicted octanol–water partition coefficient (Wildman–Crippen LogP) is 5.86. The predicted molar refractivity (Wildman–Crippen MR) is 188 cm³/mol. The van der Waals surface area contributed by atoms with Gasteiger partial charge in [-0.2, -0.15) is 0 Å². The fourth-order valence-corrected chi connectivity index (χ4v) is 6.80. The number of hydrogen-bond acceptors (Lipinski definition) is 6. The molecule has 2 aliphatic rings. The maximum atomic E-state index is 14.1. The number of amides is 3. The lowest BCUT2D eigenvalue weighted by Gasteiger charge is -2.36. The van der Waals surface area contributed by atoms with Crippen LogP contribution in [0.5, 0.6) is 5.75 Å². The molecular formula is C39H38ClN3O6. The summed E-state index contributed by atoms with van der Waals surface area (Å²) in [5.74, 6) is -1.02. The van der Waals surface area contributed by atoms with E-state index in [0.29, 0.717) is 46.2 Å². The van der Waals surface area contributed by atoms with Crippen LogP contribution in [0.3, 0.4) is 0 Å². The van der Waals surface area contributed by atoms with Gasteiger partial charge in [-0.25, -0.2) is 0 Å². The summed E-state index contributed by atoms with van der Waals surface area (Å²) in [6, 6.07) is 26.5. The molecule has 0 spiro atoms. The smallest absolute Gasteiger partial charge is 0.264 e. The van der Waals surface area contributed by atoms with Gasteiger partial charge in [-0.05, 0) is 77.7 Å². The monoisotopic (exact) mass is 679 g/mol. The van der Waals surface area contributed by atoms with Gasteiger partial charge in [0.25, 0.3) is 11.8 Å². The Morgan fingerprint density at radius 1 is 1.04 bits per heavy atom. The van der Waals surface area contributed by atoms with Gasteiger partial charge in [0.05, 0.1) is 32.0 Å². The van der Waals surface area contributed by atoms with Gasteiger partial charge < -0.3 is 30.1 Å². The number of rotatable bonds is 10. The van der Waals surface area contributed by atoms with Crippen LogP contribution < -0.4 is 15.0 Å². The summed E-state index contributed by atoms with van der Waals surface area (Å²) < 4.78 is 5.17. The van der Waals surface area contributed by atoms with Crippen molar-refractivity contribution >= 4 is 40.7 Å². The van der Waals surface area contributed by atoms with Crippen LogP contribution in [-0.4, -0.2) is 52.6 Å². The number of methoxy groups -OCH3 is 1. The van der Waals surface area contributed by atoms with Crippen molar-refractivity contribution in [2.45, 2.75) is 44.5 Å². The van der Waals surface area contributed by atoms with Crippen LogP contribution in [0.2, 0.25) is 5.02 Å². The van der Waals surface area contributed by atoms with E-state index in [2.05, 4.69) is 5.32 Å². The van der Waals surface area contributed by atoms with Gasteiger partial charge in [0, 0.05) is 40.7 Å². The molecule has 0 aliphatic carbocycles. The lowest BCUT2D eigenvalue weighted by Crippen LogP contribution is -2.46. The van der Waals surface area contributed by atoms with Gasteiger partial charge >= 0.3 is 0 Å². The number of halogens is 1. The van der Waals surface area contributed by atoms with Gasteiger partial charge in [-0.15, -0.1) is 0 Å². The van der Waals surface area contributed by atoms with Gasteiger partial charge in [0.2, 0.25) is 5.91 Å². The summed E-state index contributed by atoms with van der Waals surface area (Å²) in [6.07, 6.45) is 3.99. The normalized spacial score (nSPS) is 19.0. The first kappa shape index (κ1) is 33.9. The van der Waals surface area contributed by atoms with Crippen LogP contribution in [0.15, 0.2) is 103 Å². The molecule has 0 saturated carbocycles. The number of nitrogens with zero attached hydrogens (tertiary/aromatic N) is 2. The van der Waals surface area contributed by atoms with E-state index in [1.54, 1.807) is 91.7 Å². The first-order valence-corrected chi connectivity index (χ1v) is 16.5. The molecule has 6 rings (SSSR count). The largest absolute Gasteiger partial charge is 0.497 e. The number of ether oxygens (including phenoxy) is 1. The zero-order valence-corrected chi connectivity index (χ0v) is 28.1. The second kappa shape index (κ2) is 14.3. The molecule has 252 valence electrons. The molecule has 10 heteroatoms. The minimum Gasteiger partial charge on any atom is -0.497 e. The molecule has 0 radical (unpaired) electrons. The highest BCUT2D eigenvalue weighted by atomic mass is 35.5. The number of benzene rings is 4. The number of carbonyl (C=O) groups is 3. The molecule has 9 nitrogen and oxygen atoms in total. The maximum absolute atomic E-state index is 14.1. The number of hydrogen-bond donors (Lipinski definition) is 3. The van der Waals surface area contributed by atoms with Crippen molar-refractivity contribution in [3.8, 4) is 5.75 Å². The lowest BCUT2D eigenvalue weighted by atomic mass is 9.83. The Bertz CT molecular complexity index is 1910. The van der Waals surface area contributed by atoms with Crippen molar-refractivity contribution in [1.82, 2.24) is 4.90 Å². The fraction of sp³-hybridized carbons (Fsp3) is 0.256. The molecule has 0 fully saturated rings. The highest BCUT2D eigenvalue weighted by Crippen LogP contribution is 2.47. The average molecular weight is 680 g/mol. The molecule has 3 N–H and O–H groups in total. The van der Waals surface area contributed by atoms with Gasteiger partial charge in [0.15, 0.2) is 5.60 Å². The molecule has 2 aliphatic heterocycles. The molecule has 4 aromatic carbocycles. The van der Waals surface area contributed by atoms with Crippen LogP contribution >= 0.6 is 11.6 Å². The highest BCUT2D eigenvalue weighted by molar-refractivity contribution is 6.31. The van der Waals surface area contributed by atoms with Gasteiger partial charge in [-0.3, -0.25) is 14.4 Å². The Balaban J connectivity index is 1.17. The average Bonchev–Trinajstić information content (AvgIpc) is 3.32. The summed E-state index contributed by atoms with van der Waals surface area (Å²) in [7, 11) is 1.56. The molecule has 0 bridgehead atoms. The maximum Gasteiger partial charge on any atom is 0.264 e. The number of anilines is 2. The van der Waals surface area contributed by atoms with Gasteiger partial charge in [-0.1, -0.05) is 67.1 Å². The first-order valence-electron chi connectivity index (χ1n) is 16.1. The van der Waals surface area contributed by atoms with Crippen molar-refractivity contribution in [3.05, 3.63) is 136 Å². The van der Waals surface area contributed by atoms with Crippen LogP contribution in [0.25, 0.3) is 0 Å². The Morgan fingerprint density at radius 2 is 1.80 bits per heavy atom. The number of aliphatic hydroxyl groups excluding tert-OH is 1. The van der Waals surface area contributed by atoms with Gasteiger partial charge in [0.1, 0.15) is 5.75 Å². The second-order valence-electron chi connectivity index (χ2n) is 12.5. The summed E-state index contributed by atoms with van der Waals surface area (Å²) in [5, 5.41) is 25.4. The summed E-state index contributed by atoms with van der Waals surface area (Å²) >= 11 is 6.37. The first-order chi connectivity index (χ1) is 23.6. The van der Waals surface area contributed by atoms with Crippen LogP contribution in [-0.2, 0) is 34.7 Å². The molecule has 0 saturated heterocycles. The van der Waals surface area contributed by atoms with E-state index >= 15 is 0 Å². The van der Waals surface area contributed by atoms with Crippen molar-refractivity contribution in [1.29, 1.82) is 0 Å². The quantitative estimate of drug-likeness (QED) is 0.181. The molecular weight excluding hydrogens is 642 g/mol. The van der Waals surface area contributed by atoms with E-state index in [-0.39, 0.29) is 37.4 Å². The molecule has 3 amide bonds. The topological polar surface area (TPSA) is 119 Å². The highest BCUT2D eigenvalue weighted by Gasteiger charge is 2.52. The molecule has 2 heterocycles. The zero-order valence-electron chi connectivity index (χ0n) is 27.3. The molecule has 4 aromatic rings. The van der Waals surface area contributed by atoms with E-state index in [1.807, 2.05) is 30.3 Å². The Labute approximate surface area is 290 Å². The van der Waals surface area contributed by atoms with E-state index in [0.717, 1.165) is 16.7 Å². The third kappa shape index (κ3) is 6.83. The molecule has 0 unspecified atom stereocenters. The second-order valence-corrected chi connectivity index (χ2v) is 12.9. The minimum absolute atomic E-state index is 0.0500. The SMILES string of the molecule is COc1ccc(C(=O)Nc2cccc(CN3C(=O)[C@](O)([C@H](C)/C=C/CC(=O)N4Cc5ccccc5C[C@H]4CO)c4cc(Cl)ccc43)c2)cc1. The Kier molecular flexibility index (Phi) is 9.87. The van der Waals surface area contributed by atoms with Crippen LogP contribution in [0, 0.1) is 5.92 Å². The van der Waals surface area contributed by atoms with Crippen LogP contribution in [0.4, 0.5) is 11.4 Å². The fourth-order valence-electron chi connectivity index (χ4n) is 6.62. The Morgan fingerprint density at radius 3 is 2.53 bits per heavy atom. The molecule has 49 heavy (non-hydrogen) atoms. The van der Waals surface area contributed by atoms with Crippen molar-refractivity contribution < 1.29 is 29.3 Å². The van der Waals surface area contributed by atoms with E-state index in [1.165, 1.54) is 4.90 Å². The van der Waals surface area contributed by atoms with Crippen molar-refractivity contribution in [2.75, 3.05) is 23.9 Å². The number of carbonyl (C=O) groups excluding carboxylic acids is 3. The van der Waals surface area contributed by atoms with Crippen molar-refractivity contribution in [2.24, 2.45) is 5.92 Å². The molecule has 3 atom stereocenters. The number of aliphatic hydroxyl groups is 2. The third-order valence-corrected chi connectivity index (χ3v) is 9.61. The molecule has 0 aromatic heterocycles. The Hall–Kier alpha value is -4.96. The van der Waals surface area contributed by atoms with Crippen molar-refractivity contribution in [3.63, 3.8) is 0 Å².